The van der Waals surface area contributed by atoms with E-state index in [4.69, 9.17) is 11.6 Å². The zero-order valence-corrected chi connectivity index (χ0v) is 11.4. The number of fused-ring (bicyclic) bond motifs is 1. The zero-order valence-electron chi connectivity index (χ0n) is 10.6. The van der Waals surface area contributed by atoms with Crippen molar-refractivity contribution in [1.82, 2.24) is 4.90 Å². The highest BCUT2D eigenvalue weighted by molar-refractivity contribution is 6.52. The van der Waals surface area contributed by atoms with Crippen LogP contribution in [0.4, 0.5) is 5.69 Å². The Hall–Kier alpha value is -1.88. The molecule has 0 aromatic heterocycles. The van der Waals surface area contributed by atoms with Gasteiger partial charge in [-0.2, -0.15) is 0 Å². The second-order valence-electron chi connectivity index (χ2n) is 4.49. The minimum absolute atomic E-state index is 0.101. The van der Waals surface area contributed by atoms with Crippen molar-refractivity contribution < 1.29 is 14.4 Å². The fourth-order valence-corrected chi connectivity index (χ4v) is 2.09. The summed E-state index contributed by atoms with van der Waals surface area (Å²) in [4.78, 5) is 37.9. The lowest BCUT2D eigenvalue weighted by Gasteiger charge is -2.17. The van der Waals surface area contributed by atoms with E-state index in [1.807, 2.05) is 0 Å². The Morgan fingerprint density at radius 2 is 2.00 bits per heavy atom. The lowest BCUT2D eigenvalue weighted by molar-refractivity contribution is -0.128. The highest BCUT2D eigenvalue weighted by Gasteiger charge is 2.35. The van der Waals surface area contributed by atoms with Gasteiger partial charge in [-0.15, -0.1) is 0 Å². The molecule has 1 heterocycles. The molecule has 5 nitrogen and oxygen atoms in total. The van der Waals surface area contributed by atoms with E-state index >= 15 is 0 Å². The minimum Gasteiger partial charge on any atom is -0.349 e. The van der Waals surface area contributed by atoms with Crippen LogP contribution in [0.3, 0.4) is 0 Å². The summed E-state index contributed by atoms with van der Waals surface area (Å²) in [6.45, 7) is 0.176. The van der Waals surface area contributed by atoms with E-state index in [1.165, 1.54) is 15.9 Å². The number of carbonyl (C=O) groups excluding carboxylic acids is 3. The number of rotatable bonds is 3. The molecule has 100 valence electrons. The van der Waals surface area contributed by atoms with E-state index in [0.717, 1.165) is 0 Å². The smallest absolute Gasteiger partial charge is 0.299 e. The van der Waals surface area contributed by atoms with Crippen LogP contribution in [0.25, 0.3) is 0 Å². The van der Waals surface area contributed by atoms with Gasteiger partial charge < -0.3 is 9.80 Å². The summed E-state index contributed by atoms with van der Waals surface area (Å²) in [7, 11) is 3.29. The second-order valence-corrected chi connectivity index (χ2v) is 4.92. The summed E-state index contributed by atoms with van der Waals surface area (Å²) >= 11 is 5.87. The third-order valence-electron chi connectivity index (χ3n) is 2.98. The first-order valence-electron chi connectivity index (χ1n) is 5.77. The van der Waals surface area contributed by atoms with Gasteiger partial charge in [0.1, 0.15) is 0 Å². The Kier molecular flexibility index (Phi) is 3.57. The van der Waals surface area contributed by atoms with Gasteiger partial charge in [-0.05, 0) is 18.2 Å². The lowest BCUT2D eigenvalue weighted by Crippen LogP contribution is -2.34. The molecule has 0 radical (unpaired) electrons. The normalized spacial score (nSPS) is 13.7. The molecule has 0 spiro atoms. The number of halogens is 1. The van der Waals surface area contributed by atoms with E-state index in [1.54, 1.807) is 26.2 Å². The van der Waals surface area contributed by atoms with E-state index in [-0.39, 0.29) is 18.9 Å². The molecule has 0 fully saturated rings. The molecule has 19 heavy (non-hydrogen) atoms. The molecule has 0 saturated heterocycles. The molecule has 2 amide bonds. The van der Waals surface area contributed by atoms with Gasteiger partial charge >= 0.3 is 0 Å². The van der Waals surface area contributed by atoms with E-state index in [9.17, 15) is 14.4 Å². The van der Waals surface area contributed by atoms with Crippen molar-refractivity contribution >= 4 is 34.9 Å². The predicted octanol–water partition coefficient (Wildman–Crippen LogP) is 1.35. The van der Waals surface area contributed by atoms with Gasteiger partial charge in [-0.25, -0.2) is 0 Å². The maximum absolute atomic E-state index is 11.9. The molecule has 1 aliphatic rings. The van der Waals surface area contributed by atoms with Gasteiger partial charge in [0.15, 0.2) is 0 Å². The average molecular weight is 281 g/mol. The molecule has 1 aromatic rings. The van der Waals surface area contributed by atoms with Crippen LogP contribution in [0.15, 0.2) is 18.2 Å². The van der Waals surface area contributed by atoms with Crippen LogP contribution in [-0.2, 0) is 9.59 Å². The van der Waals surface area contributed by atoms with Crippen molar-refractivity contribution in [2.75, 3.05) is 25.5 Å². The van der Waals surface area contributed by atoms with Gasteiger partial charge in [0.25, 0.3) is 11.7 Å². The largest absolute Gasteiger partial charge is 0.349 e. The van der Waals surface area contributed by atoms with Crippen LogP contribution in [-0.4, -0.2) is 43.1 Å². The Morgan fingerprint density at radius 1 is 1.32 bits per heavy atom. The first-order valence-corrected chi connectivity index (χ1v) is 6.15. The number of hydrogen-bond donors (Lipinski definition) is 0. The summed E-state index contributed by atoms with van der Waals surface area (Å²) in [6, 6.07) is 4.67. The molecule has 0 bridgehead atoms. The molecule has 0 unspecified atom stereocenters. The Morgan fingerprint density at radius 3 is 2.63 bits per heavy atom. The van der Waals surface area contributed by atoms with Gasteiger partial charge in [-0.1, -0.05) is 11.6 Å². The van der Waals surface area contributed by atoms with Gasteiger partial charge in [0, 0.05) is 32.1 Å². The Labute approximate surface area is 115 Å². The summed E-state index contributed by atoms with van der Waals surface area (Å²) in [6.07, 6.45) is 0.165. The number of Topliss-reactive ketones (excluding diaryl/α,β-unsaturated/α-hetero) is 1. The summed E-state index contributed by atoms with van der Waals surface area (Å²) < 4.78 is 0. The maximum Gasteiger partial charge on any atom is 0.299 e. The number of benzene rings is 1. The quantitative estimate of drug-likeness (QED) is 0.785. The van der Waals surface area contributed by atoms with Crippen LogP contribution >= 0.6 is 11.6 Å². The molecule has 0 atom stereocenters. The first kappa shape index (κ1) is 13.5. The fourth-order valence-electron chi connectivity index (χ4n) is 1.92. The van der Waals surface area contributed by atoms with Crippen LogP contribution in [0.2, 0.25) is 5.02 Å². The molecule has 0 saturated carbocycles. The average Bonchev–Trinajstić information content (AvgIpc) is 2.59. The van der Waals surface area contributed by atoms with Crippen molar-refractivity contribution in [2.45, 2.75) is 6.42 Å². The predicted molar refractivity (Wildman–Crippen MR) is 71.4 cm³/mol. The van der Waals surface area contributed by atoms with Crippen molar-refractivity contribution in [3.63, 3.8) is 0 Å². The van der Waals surface area contributed by atoms with E-state index < -0.39 is 11.7 Å². The zero-order chi connectivity index (χ0) is 14.2. The standard InChI is InChI=1S/C13H13ClN2O3/c1-15(2)11(17)5-6-16-10-7-8(14)3-4-9(10)12(18)13(16)19/h3-4,7H,5-6H2,1-2H3. The number of ketones is 1. The van der Waals surface area contributed by atoms with Crippen molar-refractivity contribution in [2.24, 2.45) is 0 Å². The maximum atomic E-state index is 11.9. The number of hydrogen-bond acceptors (Lipinski definition) is 3. The van der Waals surface area contributed by atoms with Gasteiger partial charge in [0.05, 0.1) is 11.3 Å². The monoisotopic (exact) mass is 280 g/mol. The molecule has 0 aliphatic carbocycles. The van der Waals surface area contributed by atoms with Crippen molar-refractivity contribution in [3.8, 4) is 0 Å². The lowest BCUT2D eigenvalue weighted by atomic mass is 10.1. The summed E-state index contributed by atoms with van der Waals surface area (Å²) in [5.41, 5.74) is 0.820. The Balaban J connectivity index is 2.23. The van der Waals surface area contributed by atoms with E-state index in [0.29, 0.717) is 16.3 Å². The van der Waals surface area contributed by atoms with E-state index in [2.05, 4.69) is 0 Å². The topological polar surface area (TPSA) is 57.7 Å². The molecule has 2 rings (SSSR count). The number of carbonyl (C=O) groups is 3. The second kappa shape index (κ2) is 5.01. The first-order chi connectivity index (χ1) is 8.91. The Bertz CT molecular complexity index is 569. The van der Waals surface area contributed by atoms with Crippen LogP contribution in [0.1, 0.15) is 16.8 Å². The SMILES string of the molecule is CN(C)C(=O)CCN1C(=O)C(=O)c2ccc(Cl)cc21. The third kappa shape index (κ3) is 2.46. The molecule has 0 N–H and O–H groups in total. The number of anilines is 1. The fraction of sp³-hybridized carbons (Fsp3) is 0.308. The van der Waals surface area contributed by atoms with Crippen LogP contribution in [0, 0.1) is 0 Å². The minimum atomic E-state index is -0.608. The molecular formula is C13H13ClN2O3. The van der Waals surface area contributed by atoms with Gasteiger partial charge in [0.2, 0.25) is 5.91 Å². The van der Waals surface area contributed by atoms with Gasteiger partial charge in [-0.3, -0.25) is 14.4 Å². The van der Waals surface area contributed by atoms with Crippen molar-refractivity contribution in [3.05, 3.63) is 28.8 Å². The number of amides is 2. The molecule has 6 heteroatoms. The van der Waals surface area contributed by atoms with Crippen LogP contribution < -0.4 is 4.90 Å². The summed E-state index contributed by atoms with van der Waals surface area (Å²) in [5.74, 6) is -1.26. The molecule has 1 aromatic carbocycles. The van der Waals surface area contributed by atoms with Crippen molar-refractivity contribution in [1.29, 1.82) is 0 Å². The summed E-state index contributed by atoms with van der Waals surface area (Å²) in [5, 5.41) is 0.449. The third-order valence-corrected chi connectivity index (χ3v) is 3.22. The molecular weight excluding hydrogens is 268 g/mol. The van der Waals surface area contributed by atoms with Crippen LogP contribution in [0.5, 0.6) is 0 Å². The highest BCUT2D eigenvalue weighted by Crippen LogP contribution is 2.31. The number of nitrogens with zero attached hydrogens (tertiary/aromatic N) is 2. The highest BCUT2D eigenvalue weighted by atomic mass is 35.5. The molecule has 1 aliphatic heterocycles.